The molecule has 0 aliphatic rings. The van der Waals surface area contributed by atoms with Crippen molar-refractivity contribution in [3.05, 3.63) is 35.6 Å². The minimum atomic E-state index is -0.160. The first kappa shape index (κ1) is 14.7. The van der Waals surface area contributed by atoms with Crippen LogP contribution in [0.1, 0.15) is 40.2 Å². The molecule has 0 aliphatic heterocycles. The van der Waals surface area contributed by atoms with Gasteiger partial charge in [0, 0.05) is 0 Å². The Labute approximate surface area is 81.8 Å². The predicted molar refractivity (Wildman–Crippen MR) is 58.5 cm³/mol. The zero-order valence-electron chi connectivity index (χ0n) is 9.39. The van der Waals surface area contributed by atoms with Crippen molar-refractivity contribution in [1.82, 2.24) is 0 Å². The van der Waals surface area contributed by atoms with Crippen LogP contribution in [-0.4, -0.2) is 0 Å². The molecule has 0 spiro atoms. The summed E-state index contributed by atoms with van der Waals surface area (Å²) in [7, 11) is 0. The Balaban J connectivity index is 0. The molecule has 1 heteroatoms. The Hall–Kier alpha value is -0.850. The van der Waals surface area contributed by atoms with Gasteiger partial charge in [0.1, 0.15) is 5.82 Å². The number of rotatable bonds is 1. The van der Waals surface area contributed by atoms with E-state index in [9.17, 15) is 4.39 Å². The van der Waals surface area contributed by atoms with Crippen LogP contribution in [-0.2, 0) is 6.42 Å². The molecule has 0 aliphatic carbocycles. The molecule has 0 atom stereocenters. The second-order valence-corrected chi connectivity index (χ2v) is 1.98. The van der Waals surface area contributed by atoms with Gasteiger partial charge in [-0.05, 0) is 24.1 Å². The van der Waals surface area contributed by atoms with Gasteiger partial charge in [0.2, 0.25) is 0 Å². The number of benzene rings is 1. The third-order valence-electron chi connectivity index (χ3n) is 1.32. The molecule has 0 saturated heterocycles. The lowest BCUT2D eigenvalue weighted by atomic mass is 10.2. The molecule has 0 N–H and O–H groups in total. The molecule has 0 nitrogen and oxygen atoms in total. The molecule has 0 heterocycles. The van der Waals surface area contributed by atoms with Crippen molar-refractivity contribution in [3.63, 3.8) is 0 Å². The van der Waals surface area contributed by atoms with Gasteiger partial charge in [0.05, 0.1) is 0 Å². The lowest BCUT2D eigenvalue weighted by Gasteiger charge is -1.92. The molecule has 0 bridgehead atoms. The molecule has 0 fully saturated rings. The number of hydrogen-bond acceptors (Lipinski definition) is 0. The van der Waals surface area contributed by atoms with Crippen LogP contribution < -0.4 is 0 Å². The third-order valence-corrected chi connectivity index (χ3v) is 1.32. The summed E-state index contributed by atoms with van der Waals surface area (Å²) < 4.78 is 12.2. The molecule has 0 radical (unpaired) electrons. The Kier molecular flexibility index (Phi) is 12.6. The predicted octanol–water partition coefficient (Wildman–Crippen LogP) is 4.44. The maximum Gasteiger partial charge on any atom is 0.123 e. The van der Waals surface area contributed by atoms with Crippen molar-refractivity contribution in [3.8, 4) is 0 Å². The number of aryl methyl sites for hydroxylation is 1. The second kappa shape index (κ2) is 11.2. The summed E-state index contributed by atoms with van der Waals surface area (Å²) in [6, 6.07) is 6.57. The van der Waals surface area contributed by atoms with E-state index in [4.69, 9.17) is 0 Å². The summed E-state index contributed by atoms with van der Waals surface area (Å²) in [5, 5.41) is 0. The van der Waals surface area contributed by atoms with Gasteiger partial charge in [0.25, 0.3) is 0 Å². The van der Waals surface area contributed by atoms with Crippen LogP contribution in [0.2, 0.25) is 0 Å². The molecular formula is C12H21F. The van der Waals surface area contributed by atoms with Crippen molar-refractivity contribution in [2.45, 2.75) is 41.0 Å². The average molecular weight is 184 g/mol. The van der Waals surface area contributed by atoms with Crippen molar-refractivity contribution >= 4 is 0 Å². The number of hydrogen-bond donors (Lipinski definition) is 0. The molecular weight excluding hydrogens is 163 g/mol. The summed E-state index contributed by atoms with van der Waals surface area (Å²) in [6.07, 6.45) is 0.972. The van der Waals surface area contributed by atoms with Crippen LogP contribution in [0.15, 0.2) is 24.3 Å². The molecule has 0 saturated carbocycles. The molecule has 13 heavy (non-hydrogen) atoms. The molecule has 76 valence electrons. The fourth-order valence-corrected chi connectivity index (χ4v) is 0.720. The Morgan fingerprint density at radius 3 is 1.62 bits per heavy atom. The first-order chi connectivity index (χ1) is 6.33. The fourth-order valence-electron chi connectivity index (χ4n) is 0.720. The van der Waals surface area contributed by atoms with Crippen LogP contribution in [0.3, 0.4) is 0 Å². The first-order valence-electron chi connectivity index (χ1n) is 5.07. The molecule has 1 aromatic rings. The second-order valence-electron chi connectivity index (χ2n) is 1.98. The van der Waals surface area contributed by atoms with Crippen LogP contribution in [0.4, 0.5) is 4.39 Å². The monoisotopic (exact) mass is 184 g/mol. The standard InChI is InChI=1S/C8H9F.2C2H6/c1-2-7-3-5-8(9)6-4-7;2*1-2/h3-6H,2H2,1H3;2*1-2H3. The average Bonchev–Trinajstić information content (AvgIpc) is 2.25. The van der Waals surface area contributed by atoms with Gasteiger partial charge in [-0.25, -0.2) is 4.39 Å². The van der Waals surface area contributed by atoms with Gasteiger partial charge in [-0.15, -0.1) is 0 Å². The highest BCUT2D eigenvalue weighted by atomic mass is 19.1. The van der Waals surface area contributed by atoms with E-state index >= 15 is 0 Å². The maximum atomic E-state index is 12.2. The lowest BCUT2D eigenvalue weighted by molar-refractivity contribution is 0.627. The fraction of sp³-hybridized carbons (Fsp3) is 0.500. The van der Waals surface area contributed by atoms with E-state index in [1.807, 2.05) is 34.6 Å². The zero-order chi connectivity index (χ0) is 10.7. The highest BCUT2D eigenvalue weighted by molar-refractivity contribution is 5.15. The van der Waals surface area contributed by atoms with Gasteiger partial charge < -0.3 is 0 Å². The molecule has 0 unspecified atom stereocenters. The van der Waals surface area contributed by atoms with Crippen LogP contribution in [0.5, 0.6) is 0 Å². The van der Waals surface area contributed by atoms with Gasteiger partial charge >= 0.3 is 0 Å². The van der Waals surface area contributed by atoms with Crippen molar-refractivity contribution in [1.29, 1.82) is 0 Å². The third kappa shape index (κ3) is 7.51. The van der Waals surface area contributed by atoms with Crippen molar-refractivity contribution in [2.75, 3.05) is 0 Å². The van der Waals surface area contributed by atoms with Crippen molar-refractivity contribution in [2.24, 2.45) is 0 Å². The lowest BCUT2D eigenvalue weighted by Crippen LogP contribution is -1.78. The number of halogens is 1. The minimum Gasteiger partial charge on any atom is -0.207 e. The smallest absolute Gasteiger partial charge is 0.123 e. The maximum absolute atomic E-state index is 12.2. The van der Waals surface area contributed by atoms with Gasteiger partial charge in [-0.2, -0.15) is 0 Å². The van der Waals surface area contributed by atoms with E-state index in [0.717, 1.165) is 6.42 Å². The summed E-state index contributed by atoms with van der Waals surface area (Å²) in [6.45, 7) is 10.0. The quantitative estimate of drug-likeness (QED) is 0.605. The first-order valence-corrected chi connectivity index (χ1v) is 5.07. The summed E-state index contributed by atoms with van der Waals surface area (Å²) in [5.74, 6) is -0.160. The normalized spacial score (nSPS) is 7.54. The highest BCUT2D eigenvalue weighted by Gasteiger charge is 1.87. The molecule has 0 aromatic heterocycles. The van der Waals surface area contributed by atoms with E-state index in [0.29, 0.717) is 0 Å². The van der Waals surface area contributed by atoms with E-state index in [2.05, 4.69) is 0 Å². The van der Waals surface area contributed by atoms with E-state index in [1.165, 1.54) is 17.7 Å². The highest BCUT2D eigenvalue weighted by Crippen LogP contribution is 2.01. The van der Waals surface area contributed by atoms with Crippen LogP contribution in [0, 0.1) is 5.82 Å². The Morgan fingerprint density at radius 2 is 1.31 bits per heavy atom. The summed E-state index contributed by atoms with van der Waals surface area (Å²) >= 11 is 0. The summed E-state index contributed by atoms with van der Waals surface area (Å²) in [4.78, 5) is 0. The zero-order valence-corrected chi connectivity index (χ0v) is 9.39. The molecule has 1 rings (SSSR count). The van der Waals surface area contributed by atoms with E-state index < -0.39 is 0 Å². The van der Waals surface area contributed by atoms with Gasteiger partial charge in [-0.3, -0.25) is 0 Å². The largest absolute Gasteiger partial charge is 0.207 e. The van der Waals surface area contributed by atoms with E-state index in [1.54, 1.807) is 12.1 Å². The SMILES string of the molecule is CC.CC.CCc1ccc(F)cc1. The van der Waals surface area contributed by atoms with Crippen molar-refractivity contribution < 1.29 is 4.39 Å². The molecule has 1 aromatic carbocycles. The minimum absolute atomic E-state index is 0.160. The molecule has 0 amide bonds. The van der Waals surface area contributed by atoms with Gasteiger partial charge in [-0.1, -0.05) is 46.8 Å². The van der Waals surface area contributed by atoms with Gasteiger partial charge in [0.15, 0.2) is 0 Å². The van der Waals surface area contributed by atoms with Crippen LogP contribution in [0.25, 0.3) is 0 Å². The van der Waals surface area contributed by atoms with Crippen LogP contribution >= 0.6 is 0 Å². The Morgan fingerprint density at radius 1 is 0.923 bits per heavy atom. The van der Waals surface area contributed by atoms with E-state index in [-0.39, 0.29) is 5.82 Å². The Bertz CT molecular complexity index is 177. The topological polar surface area (TPSA) is 0 Å². The summed E-state index contributed by atoms with van der Waals surface area (Å²) in [5.41, 5.74) is 1.18.